The second kappa shape index (κ2) is 6.76. The van der Waals surface area contributed by atoms with E-state index in [0.717, 1.165) is 0 Å². The van der Waals surface area contributed by atoms with Crippen LogP contribution in [-0.2, 0) is 22.7 Å². The van der Waals surface area contributed by atoms with E-state index in [9.17, 15) is 14.3 Å². The molecule has 2 aromatic rings. The second-order valence-electron chi connectivity index (χ2n) is 5.12. The predicted octanol–water partition coefficient (Wildman–Crippen LogP) is 2.76. The minimum atomic E-state index is -0.753. The summed E-state index contributed by atoms with van der Waals surface area (Å²) in [5.74, 6) is -0.602. The molecule has 0 amide bonds. The molecular formula is C17H15FO6. The first-order valence-corrected chi connectivity index (χ1v) is 7.14. The maximum absolute atomic E-state index is 13.7. The molecular weight excluding hydrogens is 319 g/mol. The Morgan fingerprint density at radius 3 is 2.96 bits per heavy atom. The van der Waals surface area contributed by atoms with Crippen LogP contribution in [0.2, 0.25) is 0 Å². The number of phenolic OH excluding ortho intramolecular Hbond substituents is 1. The number of carbonyl (C=O) groups excluding carboxylic acids is 1. The van der Waals surface area contributed by atoms with Crippen LogP contribution < -0.4 is 9.47 Å². The fourth-order valence-corrected chi connectivity index (χ4v) is 2.39. The molecule has 0 radical (unpaired) electrons. The van der Waals surface area contributed by atoms with Crippen molar-refractivity contribution in [3.63, 3.8) is 0 Å². The van der Waals surface area contributed by atoms with E-state index in [1.165, 1.54) is 37.4 Å². The summed E-state index contributed by atoms with van der Waals surface area (Å²) in [6.07, 6.45) is 0. The number of methoxy groups -OCH3 is 1. The highest BCUT2D eigenvalue weighted by atomic mass is 19.1. The molecule has 0 spiro atoms. The van der Waals surface area contributed by atoms with Gasteiger partial charge in [0.1, 0.15) is 35.2 Å². The Morgan fingerprint density at radius 1 is 1.33 bits per heavy atom. The Labute approximate surface area is 137 Å². The Morgan fingerprint density at radius 2 is 2.17 bits per heavy atom. The van der Waals surface area contributed by atoms with E-state index in [1.807, 2.05) is 0 Å². The quantitative estimate of drug-likeness (QED) is 0.867. The summed E-state index contributed by atoms with van der Waals surface area (Å²) < 4.78 is 34.3. The molecule has 126 valence electrons. The number of hydrogen-bond acceptors (Lipinski definition) is 6. The standard InChI is InChI=1S/C17H15FO6/c1-21-13-2-3-15(19)14(6-13)17(20)23-8-11-5-12(18)4-10-7-22-9-24-16(10)11/h2-6,19H,7-9H2,1H3. The molecule has 1 heterocycles. The molecule has 1 aliphatic rings. The third-order valence-electron chi connectivity index (χ3n) is 3.53. The molecule has 0 aliphatic carbocycles. The number of carbonyl (C=O) groups is 1. The van der Waals surface area contributed by atoms with Crippen molar-refractivity contribution in [3.8, 4) is 17.2 Å². The number of halogens is 1. The fraction of sp³-hybridized carbons (Fsp3) is 0.235. The van der Waals surface area contributed by atoms with Crippen molar-refractivity contribution in [1.82, 2.24) is 0 Å². The molecule has 0 unspecified atom stereocenters. The SMILES string of the molecule is COc1ccc(O)c(C(=O)OCc2cc(F)cc3c2OCOC3)c1. The molecule has 0 aromatic heterocycles. The van der Waals surface area contributed by atoms with Gasteiger partial charge in [0.25, 0.3) is 0 Å². The normalized spacial score (nSPS) is 12.9. The van der Waals surface area contributed by atoms with Gasteiger partial charge in [-0.1, -0.05) is 0 Å². The van der Waals surface area contributed by atoms with Crippen molar-refractivity contribution in [1.29, 1.82) is 0 Å². The molecule has 1 aliphatic heterocycles. The highest BCUT2D eigenvalue weighted by Gasteiger charge is 2.19. The van der Waals surface area contributed by atoms with E-state index in [0.29, 0.717) is 22.6 Å². The van der Waals surface area contributed by atoms with Crippen molar-refractivity contribution < 1.29 is 33.2 Å². The smallest absolute Gasteiger partial charge is 0.342 e. The number of aromatic hydroxyl groups is 1. The van der Waals surface area contributed by atoms with Crippen LogP contribution in [-0.4, -0.2) is 25.0 Å². The number of esters is 1. The minimum Gasteiger partial charge on any atom is -0.507 e. The van der Waals surface area contributed by atoms with Crippen LogP contribution in [0.1, 0.15) is 21.5 Å². The van der Waals surface area contributed by atoms with Crippen LogP contribution in [0.15, 0.2) is 30.3 Å². The Balaban J connectivity index is 1.79. The zero-order valence-corrected chi connectivity index (χ0v) is 12.9. The predicted molar refractivity (Wildman–Crippen MR) is 80.5 cm³/mol. The summed E-state index contributed by atoms with van der Waals surface area (Å²) in [6, 6.07) is 6.77. The van der Waals surface area contributed by atoms with Crippen molar-refractivity contribution >= 4 is 5.97 Å². The summed E-state index contributed by atoms with van der Waals surface area (Å²) in [6.45, 7) is 0.0799. The van der Waals surface area contributed by atoms with Gasteiger partial charge in [-0.15, -0.1) is 0 Å². The largest absolute Gasteiger partial charge is 0.507 e. The molecule has 0 saturated heterocycles. The van der Waals surface area contributed by atoms with Gasteiger partial charge in [0.2, 0.25) is 0 Å². The van der Waals surface area contributed by atoms with Crippen LogP contribution in [0.4, 0.5) is 4.39 Å². The molecule has 1 N–H and O–H groups in total. The van der Waals surface area contributed by atoms with Crippen molar-refractivity contribution in [3.05, 3.63) is 52.8 Å². The van der Waals surface area contributed by atoms with E-state index in [1.54, 1.807) is 0 Å². The number of phenols is 1. The molecule has 0 bridgehead atoms. The molecule has 24 heavy (non-hydrogen) atoms. The van der Waals surface area contributed by atoms with Crippen LogP contribution in [0.5, 0.6) is 17.2 Å². The summed E-state index contributed by atoms with van der Waals surface area (Å²) in [5.41, 5.74) is 0.907. The minimum absolute atomic E-state index is 0.0381. The number of rotatable bonds is 4. The molecule has 2 aromatic carbocycles. The third kappa shape index (κ3) is 3.26. The van der Waals surface area contributed by atoms with E-state index in [4.69, 9.17) is 18.9 Å². The number of ether oxygens (including phenoxy) is 4. The molecule has 3 rings (SSSR count). The van der Waals surface area contributed by atoms with Gasteiger partial charge in [0.15, 0.2) is 6.79 Å². The maximum atomic E-state index is 13.7. The summed E-state index contributed by atoms with van der Waals surface area (Å²) >= 11 is 0. The number of hydrogen-bond donors (Lipinski definition) is 1. The Bertz CT molecular complexity index is 774. The zero-order chi connectivity index (χ0) is 17.1. The van der Waals surface area contributed by atoms with Crippen molar-refractivity contribution in [2.24, 2.45) is 0 Å². The van der Waals surface area contributed by atoms with Crippen LogP contribution in [0, 0.1) is 5.82 Å². The van der Waals surface area contributed by atoms with Crippen LogP contribution >= 0.6 is 0 Å². The maximum Gasteiger partial charge on any atom is 0.342 e. The second-order valence-corrected chi connectivity index (χ2v) is 5.12. The first-order chi connectivity index (χ1) is 11.6. The Hall–Kier alpha value is -2.80. The van der Waals surface area contributed by atoms with Crippen molar-refractivity contribution in [2.75, 3.05) is 13.9 Å². The lowest BCUT2D eigenvalue weighted by Gasteiger charge is -2.20. The lowest BCUT2D eigenvalue weighted by Crippen LogP contribution is -2.15. The lowest BCUT2D eigenvalue weighted by molar-refractivity contribution is -0.0183. The monoisotopic (exact) mass is 334 g/mol. The van der Waals surface area contributed by atoms with Gasteiger partial charge < -0.3 is 24.1 Å². The summed E-state index contributed by atoms with van der Waals surface area (Å²) in [5, 5.41) is 9.78. The molecule has 6 nitrogen and oxygen atoms in total. The van der Waals surface area contributed by atoms with E-state index < -0.39 is 11.8 Å². The molecule has 0 atom stereocenters. The molecule has 0 saturated carbocycles. The molecule has 7 heteroatoms. The average Bonchev–Trinajstić information content (AvgIpc) is 2.59. The topological polar surface area (TPSA) is 74.2 Å². The third-order valence-corrected chi connectivity index (χ3v) is 3.53. The van der Waals surface area contributed by atoms with Gasteiger partial charge in [-0.2, -0.15) is 0 Å². The van der Waals surface area contributed by atoms with Gasteiger partial charge in [-0.25, -0.2) is 9.18 Å². The average molecular weight is 334 g/mol. The lowest BCUT2D eigenvalue weighted by atomic mass is 10.1. The van der Waals surface area contributed by atoms with E-state index >= 15 is 0 Å². The Kier molecular flexibility index (Phi) is 4.52. The van der Waals surface area contributed by atoms with Crippen molar-refractivity contribution in [2.45, 2.75) is 13.2 Å². The summed E-state index contributed by atoms with van der Waals surface area (Å²) in [4.78, 5) is 12.2. The van der Waals surface area contributed by atoms with Gasteiger partial charge in [0.05, 0.1) is 13.7 Å². The highest BCUT2D eigenvalue weighted by molar-refractivity contribution is 5.92. The number of fused-ring (bicyclic) bond motifs is 1. The van der Waals surface area contributed by atoms with Gasteiger partial charge >= 0.3 is 5.97 Å². The van der Waals surface area contributed by atoms with Crippen LogP contribution in [0.25, 0.3) is 0 Å². The van der Waals surface area contributed by atoms with E-state index in [-0.39, 0.29) is 31.3 Å². The zero-order valence-electron chi connectivity index (χ0n) is 12.9. The van der Waals surface area contributed by atoms with Crippen LogP contribution in [0.3, 0.4) is 0 Å². The summed E-state index contributed by atoms with van der Waals surface area (Å²) in [7, 11) is 1.44. The number of benzene rings is 2. The molecule has 0 fully saturated rings. The first kappa shape index (κ1) is 16.1. The fourth-order valence-electron chi connectivity index (χ4n) is 2.39. The van der Waals surface area contributed by atoms with Gasteiger partial charge in [-0.05, 0) is 30.3 Å². The van der Waals surface area contributed by atoms with Gasteiger partial charge in [0, 0.05) is 11.1 Å². The van der Waals surface area contributed by atoms with Gasteiger partial charge in [-0.3, -0.25) is 0 Å². The highest BCUT2D eigenvalue weighted by Crippen LogP contribution is 2.30. The first-order valence-electron chi connectivity index (χ1n) is 7.14. The van der Waals surface area contributed by atoms with E-state index in [2.05, 4.69) is 0 Å².